The van der Waals surface area contributed by atoms with E-state index < -0.39 is 0 Å². The zero-order valence-electron chi connectivity index (χ0n) is 17.9. The largest absolute Gasteiger partial charge is 0.393 e. The molecule has 0 aromatic heterocycles. The first-order valence-electron chi connectivity index (χ1n) is 11.7. The van der Waals surface area contributed by atoms with Crippen molar-refractivity contribution in [3.8, 4) is 0 Å². The van der Waals surface area contributed by atoms with Crippen molar-refractivity contribution >= 4 is 16.8 Å². The number of fused-ring (bicyclic) bond motifs is 5. The van der Waals surface area contributed by atoms with Gasteiger partial charge in [-0.25, -0.2) is 0 Å². The Hall–Kier alpha value is -0.120. The average Bonchev–Trinajstić information content (AvgIpc) is 3.00. The van der Waals surface area contributed by atoms with Gasteiger partial charge in [-0.05, 0) is 103 Å². The van der Waals surface area contributed by atoms with Crippen molar-refractivity contribution in [1.29, 1.82) is 0 Å². The summed E-state index contributed by atoms with van der Waals surface area (Å²) >= 11 is 5.60. The predicted octanol–water partition coefficient (Wildman–Crippen LogP) is 5.16. The van der Waals surface area contributed by atoms with E-state index in [9.17, 15) is 15.0 Å². The summed E-state index contributed by atoms with van der Waals surface area (Å²) in [6.07, 6.45) is 9.84. The molecule has 0 saturated heterocycles. The van der Waals surface area contributed by atoms with Crippen LogP contribution in [0.15, 0.2) is 0 Å². The van der Waals surface area contributed by atoms with Crippen molar-refractivity contribution in [1.82, 2.24) is 0 Å². The normalized spacial score (nSPS) is 51.7. The minimum Gasteiger partial charge on any atom is -0.393 e. The molecule has 4 saturated carbocycles. The van der Waals surface area contributed by atoms with Gasteiger partial charge in [0.15, 0.2) is 0 Å². The highest BCUT2D eigenvalue weighted by Crippen LogP contribution is 2.68. The van der Waals surface area contributed by atoms with E-state index >= 15 is 0 Å². The third kappa shape index (κ3) is 3.10. The van der Waals surface area contributed by atoms with Gasteiger partial charge >= 0.3 is 0 Å². The number of aliphatic hydroxyl groups is 2. The Morgan fingerprint density at radius 1 is 1.11 bits per heavy atom. The van der Waals surface area contributed by atoms with Crippen molar-refractivity contribution in [3.05, 3.63) is 0 Å². The second-order valence-electron chi connectivity index (χ2n) is 11.2. The minimum absolute atomic E-state index is 0.144. The standard InChI is InChI=1S/C24H39ClO3/c1-14(7-10-21(25)28)16-8-9-17-22-18(13-20(27)24(16,17)3)23(2)11-5-4-6-15(23)12-19(22)26/h14-20,22,26-27H,4-13H2,1-3H3. The van der Waals surface area contributed by atoms with Crippen LogP contribution in [0.4, 0.5) is 0 Å². The summed E-state index contributed by atoms with van der Waals surface area (Å²) in [5.41, 5.74) is 0.147. The molecule has 10 unspecified atom stereocenters. The van der Waals surface area contributed by atoms with E-state index in [1.807, 2.05) is 0 Å². The van der Waals surface area contributed by atoms with Crippen LogP contribution < -0.4 is 0 Å². The summed E-state index contributed by atoms with van der Waals surface area (Å²) in [4.78, 5) is 11.3. The van der Waals surface area contributed by atoms with E-state index in [4.69, 9.17) is 11.6 Å². The van der Waals surface area contributed by atoms with E-state index in [1.54, 1.807) is 0 Å². The molecule has 4 fully saturated rings. The Labute approximate surface area is 175 Å². The number of carbonyl (C=O) groups excluding carboxylic acids is 1. The predicted molar refractivity (Wildman–Crippen MR) is 112 cm³/mol. The van der Waals surface area contributed by atoms with Gasteiger partial charge in [-0.3, -0.25) is 4.79 Å². The SMILES string of the molecule is CC(CCC(=O)Cl)C1CCC2C3C(O)CC4CCCCC4(C)C3CC(O)C12C. The van der Waals surface area contributed by atoms with Crippen molar-refractivity contribution < 1.29 is 15.0 Å². The zero-order valence-corrected chi connectivity index (χ0v) is 18.6. The van der Waals surface area contributed by atoms with Crippen LogP contribution in [0.1, 0.15) is 85.0 Å². The fourth-order valence-electron chi connectivity index (χ4n) is 8.73. The van der Waals surface area contributed by atoms with Gasteiger partial charge in [0.25, 0.3) is 0 Å². The molecule has 10 atom stereocenters. The van der Waals surface area contributed by atoms with Crippen LogP contribution in [-0.4, -0.2) is 27.7 Å². The molecule has 0 spiro atoms. The molecule has 0 aromatic rings. The van der Waals surface area contributed by atoms with E-state index in [2.05, 4.69) is 20.8 Å². The van der Waals surface area contributed by atoms with Crippen LogP contribution in [0.3, 0.4) is 0 Å². The average molecular weight is 411 g/mol. The monoisotopic (exact) mass is 410 g/mol. The molecule has 0 bridgehead atoms. The number of halogens is 1. The van der Waals surface area contributed by atoms with Gasteiger partial charge in [-0.2, -0.15) is 0 Å². The Balaban J connectivity index is 1.61. The molecule has 0 amide bonds. The molecule has 4 aliphatic carbocycles. The lowest BCUT2D eigenvalue weighted by molar-refractivity contribution is -0.201. The van der Waals surface area contributed by atoms with Crippen molar-refractivity contribution in [2.75, 3.05) is 0 Å². The summed E-state index contributed by atoms with van der Waals surface area (Å²) in [6, 6.07) is 0. The maximum absolute atomic E-state index is 11.5. The van der Waals surface area contributed by atoms with Gasteiger partial charge in [0, 0.05) is 6.42 Å². The van der Waals surface area contributed by atoms with E-state index in [1.165, 1.54) is 25.7 Å². The van der Waals surface area contributed by atoms with Gasteiger partial charge < -0.3 is 10.2 Å². The molecule has 0 aliphatic heterocycles. The quantitative estimate of drug-likeness (QED) is 0.629. The van der Waals surface area contributed by atoms with Crippen LogP contribution in [0, 0.1) is 46.3 Å². The van der Waals surface area contributed by atoms with Crippen LogP contribution in [0.25, 0.3) is 0 Å². The Bertz CT molecular complexity index is 609. The van der Waals surface area contributed by atoms with Gasteiger partial charge in [-0.15, -0.1) is 0 Å². The number of hydrogen-bond donors (Lipinski definition) is 2. The molecule has 4 aliphatic rings. The second kappa shape index (κ2) is 7.54. The van der Waals surface area contributed by atoms with Gasteiger partial charge in [0.2, 0.25) is 5.24 Å². The molecular weight excluding hydrogens is 372 g/mol. The summed E-state index contributed by atoms with van der Waals surface area (Å²) < 4.78 is 0. The smallest absolute Gasteiger partial charge is 0.221 e. The zero-order chi connectivity index (χ0) is 20.3. The summed E-state index contributed by atoms with van der Waals surface area (Å²) in [5, 5.41) is 22.5. The highest BCUT2D eigenvalue weighted by atomic mass is 35.5. The van der Waals surface area contributed by atoms with Crippen LogP contribution in [0.2, 0.25) is 0 Å². The van der Waals surface area contributed by atoms with Crippen LogP contribution >= 0.6 is 11.6 Å². The highest BCUT2D eigenvalue weighted by molar-refractivity contribution is 6.63. The molecule has 4 heteroatoms. The van der Waals surface area contributed by atoms with Crippen molar-refractivity contribution in [3.63, 3.8) is 0 Å². The Morgan fingerprint density at radius 2 is 1.86 bits per heavy atom. The van der Waals surface area contributed by atoms with Crippen LogP contribution in [0.5, 0.6) is 0 Å². The Morgan fingerprint density at radius 3 is 2.57 bits per heavy atom. The maximum atomic E-state index is 11.5. The van der Waals surface area contributed by atoms with Gasteiger partial charge in [-0.1, -0.05) is 33.6 Å². The van der Waals surface area contributed by atoms with E-state index in [0.717, 1.165) is 32.1 Å². The molecular formula is C24H39ClO3. The lowest BCUT2D eigenvalue weighted by Gasteiger charge is -2.63. The molecule has 28 heavy (non-hydrogen) atoms. The fraction of sp³-hybridized carbons (Fsp3) is 0.958. The topological polar surface area (TPSA) is 57.5 Å². The Kier molecular flexibility index (Phi) is 5.69. The van der Waals surface area contributed by atoms with Crippen molar-refractivity contribution in [2.45, 2.75) is 97.2 Å². The molecule has 0 radical (unpaired) electrons. The fourth-order valence-corrected chi connectivity index (χ4v) is 8.84. The molecule has 0 aromatic carbocycles. The van der Waals surface area contributed by atoms with Gasteiger partial charge in [0.1, 0.15) is 0 Å². The molecule has 4 rings (SSSR count). The second-order valence-corrected chi connectivity index (χ2v) is 11.6. The summed E-state index contributed by atoms with van der Waals surface area (Å²) in [5.74, 6) is 2.60. The van der Waals surface area contributed by atoms with E-state index in [0.29, 0.717) is 47.3 Å². The summed E-state index contributed by atoms with van der Waals surface area (Å²) in [7, 11) is 0. The van der Waals surface area contributed by atoms with E-state index in [-0.39, 0.29) is 22.9 Å². The first kappa shape index (κ1) is 21.1. The molecule has 160 valence electrons. The molecule has 2 N–H and O–H groups in total. The first-order chi connectivity index (χ1) is 13.2. The minimum atomic E-state index is -0.301. The lowest BCUT2D eigenvalue weighted by Crippen LogP contribution is -2.61. The number of rotatable bonds is 4. The molecule has 0 heterocycles. The highest BCUT2D eigenvalue weighted by Gasteiger charge is 2.65. The molecule has 3 nitrogen and oxygen atoms in total. The maximum Gasteiger partial charge on any atom is 0.221 e. The number of hydrogen-bond acceptors (Lipinski definition) is 3. The number of aliphatic hydroxyl groups excluding tert-OH is 2. The lowest BCUT2D eigenvalue weighted by atomic mass is 9.43. The first-order valence-corrected chi connectivity index (χ1v) is 12.1. The number of carbonyl (C=O) groups is 1. The van der Waals surface area contributed by atoms with Gasteiger partial charge in [0.05, 0.1) is 12.2 Å². The van der Waals surface area contributed by atoms with Crippen molar-refractivity contribution in [2.24, 2.45) is 46.3 Å². The third-order valence-electron chi connectivity index (χ3n) is 10.3. The third-order valence-corrected chi connectivity index (χ3v) is 10.5. The summed E-state index contributed by atoms with van der Waals surface area (Å²) in [6.45, 7) is 6.99. The van der Waals surface area contributed by atoms with Crippen LogP contribution in [-0.2, 0) is 4.79 Å².